The van der Waals surface area contributed by atoms with Crippen molar-refractivity contribution >= 4 is 17.9 Å². The van der Waals surface area contributed by atoms with Crippen LogP contribution in [0.5, 0.6) is 0 Å². The van der Waals surface area contributed by atoms with Crippen LogP contribution >= 0.6 is 0 Å². The van der Waals surface area contributed by atoms with Crippen molar-refractivity contribution in [3.8, 4) is 0 Å². The first-order chi connectivity index (χ1) is 8.32. The van der Waals surface area contributed by atoms with Crippen LogP contribution < -0.4 is 16.0 Å². The molecule has 0 saturated carbocycles. The van der Waals surface area contributed by atoms with Gasteiger partial charge >= 0.3 is 12.0 Å². The molecule has 0 aliphatic rings. The average Bonchev–Trinajstić information content (AvgIpc) is 2.22. The van der Waals surface area contributed by atoms with Crippen LogP contribution in [0.1, 0.15) is 27.2 Å². The van der Waals surface area contributed by atoms with Crippen LogP contribution in [0.3, 0.4) is 0 Å². The molecular weight excluding hydrogens is 238 g/mol. The summed E-state index contributed by atoms with van der Waals surface area (Å²) >= 11 is 0. The molecule has 0 aromatic heterocycles. The van der Waals surface area contributed by atoms with Crippen LogP contribution in [-0.2, 0) is 9.59 Å². The fourth-order valence-corrected chi connectivity index (χ4v) is 1.32. The Hall–Kier alpha value is -1.79. The van der Waals surface area contributed by atoms with Gasteiger partial charge in [0.2, 0.25) is 5.91 Å². The first-order valence-electron chi connectivity index (χ1n) is 5.84. The number of carbonyl (C=O) groups is 3. The standard InChI is InChI=1S/C11H21N3O4/c1-7(2)6-9(10(16)17)14-11(18)13-5-4-12-8(3)15/h7,9H,4-6H2,1-3H3,(H,12,15)(H,16,17)(H2,13,14,18)/t9-/m1/s1. The molecule has 0 saturated heterocycles. The Labute approximate surface area is 106 Å². The molecule has 18 heavy (non-hydrogen) atoms. The fourth-order valence-electron chi connectivity index (χ4n) is 1.32. The minimum Gasteiger partial charge on any atom is -0.480 e. The van der Waals surface area contributed by atoms with Gasteiger partial charge in [0.05, 0.1) is 0 Å². The number of carboxylic acids is 1. The van der Waals surface area contributed by atoms with Gasteiger partial charge < -0.3 is 21.1 Å². The van der Waals surface area contributed by atoms with Crippen LogP contribution in [0, 0.1) is 5.92 Å². The van der Waals surface area contributed by atoms with Gasteiger partial charge in [0.15, 0.2) is 0 Å². The first-order valence-corrected chi connectivity index (χ1v) is 5.84. The molecule has 4 N–H and O–H groups in total. The summed E-state index contributed by atoms with van der Waals surface area (Å²) in [6.45, 7) is 5.70. The Morgan fingerprint density at radius 1 is 1.11 bits per heavy atom. The topological polar surface area (TPSA) is 108 Å². The SMILES string of the molecule is CC(=O)NCCNC(=O)N[C@H](CC(C)C)C(=O)O. The van der Waals surface area contributed by atoms with E-state index in [9.17, 15) is 14.4 Å². The molecule has 0 aliphatic carbocycles. The van der Waals surface area contributed by atoms with E-state index < -0.39 is 18.0 Å². The lowest BCUT2D eigenvalue weighted by Crippen LogP contribution is -2.48. The molecule has 0 rings (SSSR count). The molecule has 7 nitrogen and oxygen atoms in total. The minimum absolute atomic E-state index is 0.172. The van der Waals surface area contributed by atoms with Crippen molar-refractivity contribution in [1.82, 2.24) is 16.0 Å². The maximum Gasteiger partial charge on any atom is 0.326 e. The number of amides is 3. The lowest BCUT2D eigenvalue weighted by Gasteiger charge is -2.16. The monoisotopic (exact) mass is 259 g/mol. The number of hydrogen-bond acceptors (Lipinski definition) is 3. The number of hydrogen-bond donors (Lipinski definition) is 4. The molecule has 0 heterocycles. The van der Waals surface area contributed by atoms with Gasteiger partial charge in [-0.3, -0.25) is 4.79 Å². The fraction of sp³-hybridized carbons (Fsp3) is 0.727. The minimum atomic E-state index is -1.05. The second kappa shape index (κ2) is 8.32. The molecule has 0 bridgehead atoms. The van der Waals surface area contributed by atoms with Gasteiger partial charge in [-0.2, -0.15) is 0 Å². The van der Waals surface area contributed by atoms with Gasteiger partial charge in [0.25, 0.3) is 0 Å². The van der Waals surface area contributed by atoms with Crippen LogP contribution in [0.15, 0.2) is 0 Å². The summed E-state index contributed by atoms with van der Waals surface area (Å²) in [5.74, 6) is -1.06. The number of urea groups is 1. The summed E-state index contributed by atoms with van der Waals surface area (Å²) in [6, 6.07) is -1.45. The highest BCUT2D eigenvalue weighted by molar-refractivity contribution is 5.82. The normalized spacial score (nSPS) is 11.8. The molecule has 0 aromatic carbocycles. The van der Waals surface area contributed by atoms with Crippen LogP contribution in [0.4, 0.5) is 4.79 Å². The van der Waals surface area contributed by atoms with E-state index >= 15 is 0 Å². The van der Waals surface area contributed by atoms with E-state index in [2.05, 4.69) is 16.0 Å². The van der Waals surface area contributed by atoms with Gasteiger partial charge in [-0.25, -0.2) is 9.59 Å². The molecule has 0 fully saturated rings. The van der Waals surface area contributed by atoms with Crippen LogP contribution in [0.25, 0.3) is 0 Å². The summed E-state index contributed by atoms with van der Waals surface area (Å²) in [6.07, 6.45) is 0.369. The largest absolute Gasteiger partial charge is 0.480 e. The smallest absolute Gasteiger partial charge is 0.326 e. The molecule has 0 radical (unpaired) electrons. The van der Waals surface area contributed by atoms with Crippen molar-refractivity contribution in [3.05, 3.63) is 0 Å². The van der Waals surface area contributed by atoms with Crippen molar-refractivity contribution in [3.63, 3.8) is 0 Å². The van der Waals surface area contributed by atoms with Crippen molar-refractivity contribution in [2.75, 3.05) is 13.1 Å². The highest BCUT2D eigenvalue weighted by Crippen LogP contribution is 2.04. The summed E-state index contributed by atoms with van der Waals surface area (Å²) in [7, 11) is 0. The molecule has 0 unspecified atom stereocenters. The van der Waals surface area contributed by atoms with Gasteiger partial charge in [-0.15, -0.1) is 0 Å². The van der Waals surface area contributed by atoms with E-state index in [1.54, 1.807) is 0 Å². The third-order valence-electron chi connectivity index (χ3n) is 2.10. The zero-order valence-corrected chi connectivity index (χ0v) is 10.9. The van der Waals surface area contributed by atoms with E-state index in [0.717, 1.165) is 0 Å². The Morgan fingerprint density at radius 2 is 1.67 bits per heavy atom. The summed E-state index contributed by atoms with van der Waals surface area (Å²) in [4.78, 5) is 32.8. The molecule has 0 aromatic rings. The van der Waals surface area contributed by atoms with Crippen molar-refractivity contribution in [2.24, 2.45) is 5.92 Å². The lowest BCUT2D eigenvalue weighted by molar-refractivity contribution is -0.139. The van der Waals surface area contributed by atoms with Gasteiger partial charge in [0, 0.05) is 20.0 Å². The molecular formula is C11H21N3O4. The Bertz CT molecular complexity index is 305. The highest BCUT2D eigenvalue weighted by Gasteiger charge is 2.20. The van der Waals surface area contributed by atoms with Gasteiger partial charge in [0.1, 0.15) is 6.04 Å². The van der Waals surface area contributed by atoms with Crippen LogP contribution in [0.2, 0.25) is 0 Å². The Balaban J connectivity index is 3.95. The van der Waals surface area contributed by atoms with Gasteiger partial charge in [-0.1, -0.05) is 13.8 Å². The summed E-state index contributed by atoms with van der Waals surface area (Å²) in [5, 5.41) is 16.3. The van der Waals surface area contributed by atoms with Crippen molar-refractivity contribution < 1.29 is 19.5 Å². The number of carbonyl (C=O) groups excluding carboxylic acids is 2. The Kier molecular flexibility index (Phi) is 7.50. The average molecular weight is 259 g/mol. The number of carboxylic acid groups (broad SMARTS) is 1. The Morgan fingerprint density at radius 3 is 2.11 bits per heavy atom. The number of nitrogens with one attached hydrogen (secondary N) is 3. The van der Waals surface area contributed by atoms with E-state index in [4.69, 9.17) is 5.11 Å². The second-order valence-corrected chi connectivity index (χ2v) is 4.40. The lowest BCUT2D eigenvalue weighted by atomic mass is 10.0. The predicted molar refractivity (Wildman–Crippen MR) is 66.1 cm³/mol. The highest BCUT2D eigenvalue weighted by atomic mass is 16.4. The van der Waals surface area contributed by atoms with Gasteiger partial charge in [-0.05, 0) is 12.3 Å². The summed E-state index contributed by atoms with van der Waals surface area (Å²) in [5.41, 5.74) is 0. The zero-order valence-electron chi connectivity index (χ0n) is 10.9. The predicted octanol–water partition coefficient (Wildman–Crippen LogP) is -0.0790. The maximum atomic E-state index is 11.4. The van der Waals surface area contributed by atoms with E-state index in [1.807, 2.05) is 13.8 Å². The molecule has 0 aliphatic heterocycles. The number of rotatable bonds is 7. The van der Waals surface area contributed by atoms with E-state index in [0.29, 0.717) is 13.0 Å². The molecule has 104 valence electrons. The van der Waals surface area contributed by atoms with E-state index in [-0.39, 0.29) is 18.4 Å². The summed E-state index contributed by atoms with van der Waals surface area (Å²) < 4.78 is 0. The van der Waals surface area contributed by atoms with Crippen LogP contribution in [-0.4, -0.2) is 42.1 Å². The molecule has 0 spiro atoms. The van der Waals surface area contributed by atoms with E-state index in [1.165, 1.54) is 6.92 Å². The molecule has 1 atom stereocenters. The van der Waals surface area contributed by atoms with Crippen molar-refractivity contribution in [2.45, 2.75) is 33.2 Å². The second-order valence-electron chi connectivity index (χ2n) is 4.40. The quantitative estimate of drug-likeness (QED) is 0.480. The van der Waals surface area contributed by atoms with Crippen molar-refractivity contribution in [1.29, 1.82) is 0 Å². The third-order valence-corrected chi connectivity index (χ3v) is 2.10. The number of aliphatic carboxylic acids is 1. The molecule has 7 heteroatoms. The third kappa shape index (κ3) is 8.37. The maximum absolute atomic E-state index is 11.4. The molecule has 3 amide bonds. The zero-order chi connectivity index (χ0) is 14.1. The first kappa shape index (κ1) is 16.2.